The fourth-order valence-electron chi connectivity index (χ4n) is 2.55. The molecular formula is C19H16N4O4. The van der Waals surface area contributed by atoms with Crippen LogP contribution in [0.25, 0.3) is 22.6 Å². The van der Waals surface area contributed by atoms with Gasteiger partial charge in [0.05, 0.1) is 12.1 Å². The maximum Gasteiger partial charge on any atom is 0.339 e. The topological polar surface area (TPSA) is 131 Å². The Hall–Kier alpha value is -3.94. The van der Waals surface area contributed by atoms with Crippen molar-refractivity contribution in [2.45, 2.75) is 6.54 Å². The van der Waals surface area contributed by atoms with E-state index in [4.69, 9.17) is 10.2 Å². The van der Waals surface area contributed by atoms with Gasteiger partial charge in [-0.3, -0.25) is 4.79 Å². The molecule has 0 radical (unpaired) electrons. The zero-order chi connectivity index (χ0) is 19.4. The number of nitrogens with one attached hydrogen (secondary N) is 1. The largest absolute Gasteiger partial charge is 0.478 e. The number of amides is 1. The van der Waals surface area contributed by atoms with E-state index in [9.17, 15) is 14.7 Å². The molecule has 2 aromatic heterocycles. The molecule has 1 amide bonds. The van der Waals surface area contributed by atoms with Gasteiger partial charge in [0.25, 0.3) is 5.91 Å². The standard InChI is InChI=1S/C19H16N4O4/c1-2-11-6-12-8-13(27-16(12)14(7-11)19(25)26)10-23-18(24)15(9-20)17-21-4-3-5-22-17/h2-9H,1,10,20H2,(H,23,24)(H,25,26)/b15-9+. The number of hydrogen-bond acceptors (Lipinski definition) is 6. The molecule has 0 aliphatic rings. The molecule has 8 heteroatoms. The summed E-state index contributed by atoms with van der Waals surface area (Å²) >= 11 is 0. The third-order valence-electron chi connectivity index (χ3n) is 3.80. The van der Waals surface area contributed by atoms with Gasteiger partial charge in [-0.15, -0.1) is 0 Å². The minimum absolute atomic E-state index is 0.0280. The summed E-state index contributed by atoms with van der Waals surface area (Å²) in [4.78, 5) is 31.8. The number of hydrogen-bond donors (Lipinski definition) is 3. The summed E-state index contributed by atoms with van der Waals surface area (Å²) in [6, 6.07) is 6.53. The predicted octanol–water partition coefficient (Wildman–Crippen LogP) is 2.18. The van der Waals surface area contributed by atoms with Crippen molar-refractivity contribution in [1.82, 2.24) is 15.3 Å². The molecule has 0 aliphatic carbocycles. The van der Waals surface area contributed by atoms with E-state index >= 15 is 0 Å². The molecule has 0 saturated carbocycles. The fraction of sp³-hybridized carbons (Fsp3) is 0.0526. The van der Waals surface area contributed by atoms with Crippen LogP contribution in [-0.4, -0.2) is 27.0 Å². The Kier molecular flexibility index (Phi) is 4.98. The number of nitrogens with zero attached hydrogens (tertiary/aromatic N) is 2. The molecule has 8 nitrogen and oxygen atoms in total. The lowest BCUT2D eigenvalue weighted by atomic mass is 10.1. The van der Waals surface area contributed by atoms with Gasteiger partial charge in [0.1, 0.15) is 16.9 Å². The SMILES string of the molecule is C=Cc1cc(C(=O)O)c2oc(CNC(=O)/C(=C/N)c3ncccn3)cc2c1. The lowest BCUT2D eigenvalue weighted by Gasteiger charge is -2.05. The Balaban J connectivity index is 1.83. The van der Waals surface area contributed by atoms with Gasteiger partial charge in [0, 0.05) is 24.0 Å². The molecule has 0 saturated heterocycles. The predicted molar refractivity (Wildman–Crippen MR) is 99.3 cm³/mol. The van der Waals surface area contributed by atoms with E-state index in [1.54, 1.807) is 24.3 Å². The smallest absolute Gasteiger partial charge is 0.339 e. The number of carbonyl (C=O) groups is 2. The molecule has 0 bridgehead atoms. The van der Waals surface area contributed by atoms with Crippen molar-refractivity contribution in [3.8, 4) is 0 Å². The van der Waals surface area contributed by atoms with Gasteiger partial charge in [0.15, 0.2) is 5.82 Å². The molecule has 4 N–H and O–H groups in total. The van der Waals surface area contributed by atoms with Crippen LogP contribution in [0.4, 0.5) is 0 Å². The van der Waals surface area contributed by atoms with Crippen LogP contribution in [0.3, 0.4) is 0 Å². The molecule has 136 valence electrons. The van der Waals surface area contributed by atoms with Crippen LogP contribution < -0.4 is 11.1 Å². The van der Waals surface area contributed by atoms with Crippen LogP contribution >= 0.6 is 0 Å². The number of carboxylic acid groups (broad SMARTS) is 1. The van der Waals surface area contributed by atoms with E-state index < -0.39 is 11.9 Å². The summed E-state index contributed by atoms with van der Waals surface area (Å²) in [6.45, 7) is 3.69. The lowest BCUT2D eigenvalue weighted by Crippen LogP contribution is -2.25. The first-order valence-electron chi connectivity index (χ1n) is 7.93. The Bertz CT molecular complexity index is 1050. The van der Waals surface area contributed by atoms with E-state index in [1.165, 1.54) is 18.5 Å². The van der Waals surface area contributed by atoms with Crippen molar-refractivity contribution in [2.75, 3.05) is 0 Å². The Morgan fingerprint density at radius 2 is 2.00 bits per heavy atom. The Morgan fingerprint density at radius 1 is 1.26 bits per heavy atom. The van der Waals surface area contributed by atoms with Crippen molar-refractivity contribution in [3.63, 3.8) is 0 Å². The Labute approximate surface area is 154 Å². The van der Waals surface area contributed by atoms with Gasteiger partial charge >= 0.3 is 5.97 Å². The fourth-order valence-corrected chi connectivity index (χ4v) is 2.55. The lowest BCUT2D eigenvalue weighted by molar-refractivity contribution is -0.115. The Morgan fingerprint density at radius 3 is 2.63 bits per heavy atom. The third-order valence-corrected chi connectivity index (χ3v) is 3.80. The highest BCUT2D eigenvalue weighted by Crippen LogP contribution is 2.26. The number of rotatable bonds is 6. The number of benzene rings is 1. The van der Waals surface area contributed by atoms with Crippen LogP contribution in [0.1, 0.15) is 27.5 Å². The van der Waals surface area contributed by atoms with Crippen molar-refractivity contribution in [2.24, 2.45) is 5.73 Å². The van der Waals surface area contributed by atoms with E-state index in [-0.39, 0.29) is 29.1 Å². The van der Waals surface area contributed by atoms with Crippen LogP contribution in [0.2, 0.25) is 0 Å². The van der Waals surface area contributed by atoms with E-state index in [2.05, 4.69) is 21.9 Å². The van der Waals surface area contributed by atoms with Gasteiger partial charge < -0.3 is 20.6 Å². The number of carboxylic acids is 1. The van der Waals surface area contributed by atoms with Crippen LogP contribution in [0.15, 0.2) is 53.9 Å². The maximum absolute atomic E-state index is 12.4. The van der Waals surface area contributed by atoms with Gasteiger partial charge in [-0.05, 0) is 29.8 Å². The second-order valence-corrected chi connectivity index (χ2v) is 5.54. The molecule has 2 heterocycles. The molecule has 3 rings (SSSR count). The average Bonchev–Trinajstić information content (AvgIpc) is 3.09. The van der Waals surface area contributed by atoms with Gasteiger partial charge in [0.2, 0.25) is 0 Å². The van der Waals surface area contributed by atoms with Gasteiger partial charge in [-0.1, -0.05) is 12.7 Å². The van der Waals surface area contributed by atoms with Gasteiger partial charge in [-0.25, -0.2) is 14.8 Å². The summed E-state index contributed by atoms with van der Waals surface area (Å²) in [7, 11) is 0. The maximum atomic E-state index is 12.4. The molecule has 0 fully saturated rings. The van der Waals surface area contributed by atoms with Gasteiger partial charge in [-0.2, -0.15) is 0 Å². The molecule has 3 aromatic rings. The molecule has 0 aliphatic heterocycles. The van der Waals surface area contributed by atoms with Crippen molar-refractivity contribution in [1.29, 1.82) is 0 Å². The van der Waals surface area contributed by atoms with Crippen LogP contribution in [-0.2, 0) is 11.3 Å². The molecule has 0 atom stereocenters. The monoisotopic (exact) mass is 364 g/mol. The van der Waals surface area contributed by atoms with Crippen molar-refractivity contribution < 1.29 is 19.1 Å². The molecule has 27 heavy (non-hydrogen) atoms. The zero-order valence-corrected chi connectivity index (χ0v) is 14.2. The number of aromatic carboxylic acids is 1. The summed E-state index contributed by atoms with van der Waals surface area (Å²) in [5, 5.41) is 12.6. The highest BCUT2D eigenvalue weighted by atomic mass is 16.4. The second kappa shape index (κ2) is 7.52. The summed E-state index contributed by atoms with van der Waals surface area (Å²) in [6.07, 6.45) is 5.69. The molecule has 1 aromatic carbocycles. The van der Waals surface area contributed by atoms with Crippen molar-refractivity contribution >= 4 is 34.5 Å². The minimum atomic E-state index is -1.11. The summed E-state index contributed by atoms with van der Waals surface area (Å²) in [5.41, 5.74) is 6.56. The number of furan rings is 1. The highest BCUT2D eigenvalue weighted by molar-refractivity contribution is 6.18. The second-order valence-electron chi connectivity index (χ2n) is 5.54. The first-order chi connectivity index (χ1) is 13.0. The van der Waals surface area contributed by atoms with Crippen molar-refractivity contribution in [3.05, 3.63) is 72.1 Å². The summed E-state index contributed by atoms with van der Waals surface area (Å²) < 4.78 is 5.62. The highest BCUT2D eigenvalue weighted by Gasteiger charge is 2.17. The van der Waals surface area contributed by atoms with Crippen LogP contribution in [0, 0.1) is 0 Å². The molecule has 0 unspecified atom stereocenters. The summed E-state index contributed by atoms with van der Waals surface area (Å²) in [5.74, 6) is -0.990. The first kappa shape index (κ1) is 17.9. The number of carbonyl (C=O) groups excluding carboxylic acids is 1. The minimum Gasteiger partial charge on any atom is -0.478 e. The van der Waals surface area contributed by atoms with Crippen LogP contribution in [0.5, 0.6) is 0 Å². The average molecular weight is 364 g/mol. The first-order valence-corrected chi connectivity index (χ1v) is 7.93. The molecule has 0 spiro atoms. The number of nitrogens with two attached hydrogens (primary N) is 1. The molecular weight excluding hydrogens is 348 g/mol. The third kappa shape index (κ3) is 3.69. The van der Waals surface area contributed by atoms with E-state index in [1.807, 2.05) is 0 Å². The normalized spacial score (nSPS) is 11.3. The van der Waals surface area contributed by atoms with E-state index in [0.717, 1.165) is 6.20 Å². The van der Waals surface area contributed by atoms with E-state index in [0.29, 0.717) is 16.7 Å². The number of aromatic nitrogens is 2. The number of fused-ring (bicyclic) bond motifs is 1. The quantitative estimate of drug-likeness (QED) is 0.571. The zero-order valence-electron chi connectivity index (χ0n) is 14.2.